The third kappa shape index (κ3) is 3.39. The Morgan fingerprint density at radius 2 is 2.08 bits per heavy atom. The van der Waals surface area contributed by atoms with E-state index in [0.29, 0.717) is 12.1 Å². The quantitative estimate of drug-likeness (QED) is 0.840. The van der Waals surface area contributed by atoms with Crippen molar-refractivity contribution in [3.05, 3.63) is 17.5 Å². The standard InChI is InChI=1S/C17H23F2N3O3/c1-15(2,3)12-8-11(21-25-12)4-6-20-13(23)14(24)22-7-5-16(10-22)9-17(16,18)19/h8H,4-7,9-10H2,1-3H3,(H,20,23). The summed E-state index contributed by atoms with van der Waals surface area (Å²) in [4.78, 5) is 25.3. The van der Waals surface area contributed by atoms with Crippen molar-refractivity contribution in [3.8, 4) is 0 Å². The van der Waals surface area contributed by atoms with Crippen LogP contribution in [0.15, 0.2) is 10.6 Å². The van der Waals surface area contributed by atoms with Crippen molar-refractivity contribution in [1.82, 2.24) is 15.4 Å². The molecule has 1 saturated heterocycles. The summed E-state index contributed by atoms with van der Waals surface area (Å²) in [7, 11) is 0. The summed E-state index contributed by atoms with van der Waals surface area (Å²) in [6.45, 7) is 6.41. The predicted octanol–water partition coefficient (Wildman–Crippen LogP) is 1.89. The highest BCUT2D eigenvalue weighted by molar-refractivity contribution is 6.35. The van der Waals surface area contributed by atoms with Crippen molar-refractivity contribution in [1.29, 1.82) is 0 Å². The van der Waals surface area contributed by atoms with Crippen LogP contribution in [0.2, 0.25) is 0 Å². The van der Waals surface area contributed by atoms with Gasteiger partial charge in [-0.15, -0.1) is 0 Å². The molecule has 3 rings (SSSR count). The van der Waals surface area contributed by atoms with E-state index in [1.807, 2.05) is 26.8 Å². The van der Waals surface area contributed by atoms with E-state index >= 15 is 0 Å². The molecule has 1 aliphatic carbocycles. The van der Waals surface area contributed by atoms with Gasteiger partial charge in [0.1, 0.15) is 5.76 Å². The summed E-state index contributed by atoms with van der Waals surface area (Å²) in [6, 6.07) is 1.83. The Balaban J connectivity index is 1.45. The average molecular weight is 355 g/mol. The average Bonchev–Trinajstić information content (AvgIpc) is 2.95. The largest absolute Gasteiger partial charge is 0.361 e. The maximum atomic E-state index is 13.4. The normalized spacial score (nSPS) is 24.6. The number of carbonyl (C=O) groups excluding carboxylic acids is 2. The minimum Gasteiger partial charge on any atom is -0.361 e. The second-order valence-corrected chi connectivity index (χ2v) is 8.08. The molecule has 2 fully saturated rings. The lowest BCUT2D eigenvalue weighted by Crippen LogP contribution is -2.42. The number of halogens is 2. The van der Waals surface area contributed by atoms with E-state index < -0.39 is 23.2 Å². The fourth-order valence-corrected chi connectivity index (χ4v) is 3.18. The zero-order valence-electron chi connectivity index (χ0n) is 14.7. The van der Waals surface area contributed by atoms with Crippen LogP contribution < -0.4 is 5.32 Å². The van der Waals surface area contributed by atoms with Crippen LogP contribution in [-0.2, 0) is 21.4 Å². The van der Waals surface area contributed by atoms with Crippen LogP contribution >= 0.6 is 0 Å². The zero-order valence-corrected chi connectivity index (χ0v) is 14.7. The summed E-state index contributed by atoms with van der Waals surface area (Å²) in [5.41, 5.74) is -0.552. The van der Waals surface area contributed by atoms with Crippen molar-refractivity contribution in [3.63, 3.8) is 0 Å². The van der Waals surface area contributed by atoms with Gasteiger partial charge in [-0.25, -0.2) is 8.78 Å². The van der Waals surface area contributed by atoms with Crippen molar-refractivity contribution in [2.45, 2.75) is 51.4 Å². The summed E-state index contributed by atoms with van der Waals surface area (Å²) >= 11 is 0. The molecule has 2 aliphatic rings. The maximum Gasteiger partial charge on any atom is 0.311 e. The number of aromatic nitrogens is 1. The van der Waals surface area contributed by atoms with E-state index in [9.17, 15) is 18.4 Å². The first-order valence-corrected chi connectivity index (χ1v) is 8.45. The van der Waals surface area contributed by atoms with Crippen molar-refractivity contribution >= 4 is 11.8 Å². The van der Waals surface area contributed by atoms with Crippen molar-refractivity contribution in [2.75, 3.05) is 19.6 Å². The first-order valence-electron chi connectivity index (χ1n) is 8.45. The number of nitrogens with one attached hydrogen (secondary N) is 1. The molecule has 2 heterocycles. The van der Waals surface area contributed by atoms with Crippen molar-refractivity contribution < 1.29 is 22.9 Å². The Kier molecular flexibility index (Phi) is 4.12. The van der Waals surface area contributed by atoms with Crippen LogP contribution in [0.1, 0.15) is 45.1 Å². The molecule has 0 aromatic carbocycles. The van der Waals surface area contributed by atoms with Crippen LogP contribution in [0.3, 0.4) is 0 Å². The van der Waals surface area contributed by atoms with E-state index in [4.69, 9.17) is 4.52 Å². The Morgan fingerprint density at radius 3 is 2.60 bits per heavy atom. The Hall–Kier alpha value is -1.99. The summed E-state index contributed by atoms with van der Waals surface area (Å²) in [5, 5.41) is 6.47. The van der Waals surface area contributed by atoms with Crippen LogP contribution in [0.4, 0.5) is 8.78 Å². The first kappa shape index (κ1) is 17.8. The van der Waals surface area contributed by atoms with Crippen LogP contribution in [0.5, 0.6) is 0 Å². The van der Waals surface area contributed by atoms with E-state index in [1.165, 1.54) is 4.90 Å². The number of rotatable bonds is 3. The molecule has 1 aromatic rings. The molecule has 0 bridgehead atoms. The smallest absolute Gasteiger partial charge is 0.311 e. The molecule has 0 radical (unpaired) electrons. The van der Waals surface area contributed by atoms with Crippen molar-refractivity contribution in [2.24, 2.45) is 5.41 Å². The molecule has 8 heteroatoms. The molecule has 1 spiro atoms. The number of nitrogens with zero attached hydrogens (tertiary/aromatic N) is 2. The molecular weight excluding hydrogens is 332 g/mol. The van der Waals surface area contributed by atoms with E-state index in [2.05, 4.69) is 10.5 Å². The predicted molar refractivity (Wildman–Crippen MR) is 85.1 cm³/mol. The van der Waals surface area contributed by atoms with Gasteiger partial charge in [0.05, 0.1) is 11.1 Å². The highest BCUT2D eigenvalue weighted by Gasteiger charge is 2.73. The Morgan fingerprint density at radius 1 is 1.40 bits per heavy atom. The van der Waals surface area contributed by atoms with Gasteiger partial charge in [0.15, 0.2) is 0 Å². The second kappa shape index (κ2) is 5.78. The van der Waals surface area contributed by atoms with E-state index in [-0.39, 0.29) is 37.9 Å². The summed E-state index contributed by atoms with van der Waals surface area (Å²) < 4.78 is 32.0. The van der Waals surface area contributed by atoms with Crippen LogP contribution in [0.25, 0.3) is 0 Å². The Bertz CT molecular complexity index is 696. The molecule has 1 atom stereocenters. The molecule has 6 nitrogen and oxygen atoms in total. The molecule has 1 N–H and O–H groups in total. The lowest BCUT2D eigenvalue weighted by molar-refractivity contribution is -0.145. The van der Waals surface area contributed by atoms with Crippen LogP contribution in [-0.4, -0.2) is 47.4 Å². The molecule has 2 amide bonds. The fraction of sp³-hybridized carbons (Fsp3) is 0.706. The second-order valence-electron chi connectivity index (χ2n) is 8.08. The number of amides is 2. The van der Waals surface area contributed by atoms with Gasteiger partial charge in [0.25, 0.3) is 5.92 Å². The van der Waals surface area contributed by atoms with Gasteiger partial charge in [0.2, 0.25) is 0 Å². The highest BCUT2D eigenvalue weighted by atomic mass is 19.3. The molecule has 25 heavy (non-hydrogen) atoms. The van der Waals surface area contributed by atoms with Gasteiger partial charge in [-0.2, -0.15) is 0 Å². The molecule has 1 aliphatic heterocycles. The Labute approximate surface area is 144 Å². The van der Waals surface area contributed by atoms with Gasteiger partial charge in [0, 0.05) is 44.0 Å². The lowest BCUT2D eigenvalue weighted by atomic mass is 9.93. The van der Waals surface area contributed by atoms with E-state index in [0.717, 1.165) is 5.76 Å². The number of likely N-dealkylation sites (tertiary alicyclic amines) is 1. The van der Waals surface area contributed by atoms with Gasteiger partial charge in [-0.1, -0.05) is 25.9 Å². The number of hydrogen-bond acceptors (Lipinski definition) is 4. The fourth-order valence-electron chi connectivity index (χ4n) is 3.18. The molecule has 1 aromatic heterocycles. The summed E-state index contributed by atoms with van der Waals surface area (Å²) in [5.74, 6) is -3.45. The number of carbonyl (C=O) groups is 2. The minimum absolute atomic E-state index is 0.0372. The highest BCUT2D eigenvalue weighted by Crippen LogP contribution is 2.64. The first-order chi connectivity index (χ1) is 11.5. The molecule has 1 saturated carbocycles. The topological polar surface area (TPSA) is 75.4 Å². The third-order valence-corrected chi connectivity index (χ3v) is 5.01. The number of hydrogen-bond donors (Lipinski definition) is 1. The van der Waals surface area contributed by atoms with Gasteiger partial charge >= 0.3 is 11.8 Å². The molecule has 1 unspecified atom stereocenters. The third-order valence-electron chi connectivity index (χ3n) is 5.01. The monoisotopic (exact) mass is 355 g/mol. The van der Waals surface area contributed by atoms with Gasteiger partial charge < -0.3 is 14.7 Å². The van der Waals surface area contributed by atoms with Gasteiger partial charge in [-0.05, 0) is 6.42 Å². The zero-order chi connectivity index (χ0) is 18.5. The van der Waals surface area contributed by atoms with Crippen LogP contribution in [0, 0.1) is 5.41 Å². The molecule has 138 valence electrons. The molecular formula is C17H23F2N3O3. The number of alkyl halides is 2. The maximum absolute atomic E-state index is 13.4. The van der Waals surface area contributed by atoms with Gasteiger partial charge in [-0.3, -0.25) is 9.59 Å². The van der Waals surface area contributed by atoms with E-state index in [1.54, 1.807) is 0 Å². The minimum atomic E-state index is -2.70. The SMILES string of the molecule is CC(C)(C)c1cc(CCNC(=O)C(=O)N2CCC3(C2)CC3(F)F)no1. The summed E-state index contributed by atoms with van der Waals surface area (Å²) in [6.07, 6.45) is 0.502. The lowest BCUT2D eigenvalue weighted by Gasteiger charge is -2.15.